The van der Waals surface area contributed by atoms with E-state index in [1.807, 2.05) is 98.2 Å². The number of amides is 3. The van der Waals surface area contributed by atoms with Gasteiger partial charge in [0.25, 0.3) is 11.1 Å². The molecule has 1 N–H and O–H groups in total. The maximum Gasteiger partial charge on any atom is 0.294 e. The molecule has 0 saturated carbocycles. The topological polar surface area (TPSA) is 74.7 Å². The molecular formula is C26H26N4O3S. The molecule has 34 heavy (non-hydrogen) atoms. The molecule has 3 aromatic rings. The summed E-state index contributed by atoms with van der Waals surface area (Å²) in [5.74, 6) is -0.882. The van der Waals surface area contributed by atoms with Crippen molar-refractivity contribution in [1.82, 2.24) is 9.47 Å². The summed E-state index contributed by atoms with van der Waals surface area (Å²) in [5, 5.41) is 2.37. The Morgan fingerprint density at radius 1 is 1.00 bits per heavy atom. The quantitative estimate of drug-likeness (QED) is 0.518. The number of carbonyl (C=O) groups excluding carboxylic acids is 3. The minimum Gasteiger partial charge on any atom is -0.378 e. The molecule has 0 spiro atoms. The van der Waals surface area contributed by atoms with Gasteiger partial charge in [-0.3, -0.25) is 19.3 Å². The van der Waals surface area contributed by atoms with Crippen molar-refractivity contribution >= 4 is 46.3 Å². The highest BCUT2D eigenvalue weighted by Gasteiger charge is 2.36. The maximum atomic E-state index is 13.0. The SMILES string of the molecule is Cc1cccc(C)c1NC(=O)CN1C(=O)S/C(=C\c2cccn2-c2ccc(N(C)C)cc2)C1=O. The first-order valence-electron chi connectivity index (χ1n) is 10.8. The van der Waals surface area contributed by atoms with Gasteiger partial charge in [-0.05, 0) is 79.2 Å². The first-order valence-corrected chi connectivity index (χ1v) is 11.6. The summed E-state index contributed by atoms with van der Waals surface area (Å²) < 4.78 is 1.95. The number of para-hydroxylation sites is 1. The summed E-state index contributed by atoms with van der Waals surface area (Å²) in [6, 6.07) is 17.5. The highest BCUT2D eigenvalue weighted by atomic mass is 32.2. The van der Waals surface area contributed by atoms with E-state index in [9.17, 15) is 14.4 Å². The summed E-state index contributed by atoms with van der Waals surface area (Å²) in [5.41, 5.74) is 5.33. The third kappa shape index (κ3) is 4.77. The van der Waals surface area contributed by atoms with E-state index < -0.39 is 17.1 Å². The van der Waals surface area contributed by atoms with E-state index >= 15 is 0 Å². The molecule has 0 bridgehead atoms. The van der Waals surface area contributed by atoms with Gasteiger partial charge in [0, 0.05) is 43.0 Å². The van der Waals surface area contributed by atoms with E-state index in [4.69, 9.17) is 0 Å². The zero-order chi connectivity index (χ0) is 24.4. The lowest BCUT2D eigenvalue weighted by Crippen LogP contribution is -2.36. The van der Waals surface area contributed by atoms with Crippen molar-refractivity contribution in [3.8, 4) is 5.69 Å². The fourth-order valence-electron chi connectivity index (χ4n) is 3.76. The van der Waals surface area contributed by atoms with E-state index in [1.54, 1.807) is 6.08 Å². The molecule has 1 fully saturated rings. The van der Waals surface area contributed by atoms with Crippen LogP contribution < -0.4 is 10.2 Å². The number of nitrogens with one attached hydrogen (secondary N) is 1. The van der Waals surface area contributed by atoms with Crippen LogP contribution in [0.1, 0.15) is 16.8 Å². The van der Waals surface area contributed by atoms with Crippen molar-refractivity contribution in [3.05, 3.63) is 82.5 Å². The number of nitrogens with zero attached hydrogens (tertiary/aromatic N) is 3. The summed E-state index contributed by atoms with van der Waals surface area (Å²) in [6.07, 6.45) is 3.59. The van der Waals surface area contributed by atoms with Gasteiger partial charge >= 0.3 is 0 Å². The second-order valence-electron chi connectivity index (χ2n) is 8.30. The highest BCUT2D eigenvalue weighted by molar-refractivity contribution is 8.18. The monoisotopic (exact) mass is 474 g/mol. The Bertz CT molecular complexity index is 1270. The molecule has 0 radical (unpaired) electrons. The average molecular weight is 475 g/mol. The molecule has 2 heterocycles. The lowest BCUT2D eigenvalue weighted by molar-refractivity contribution is -0.127. The van der Waals surface area contributed by atoms with Crippen molar-refractivity contribution in [2.75, 3.05) is 30.9 Å². The van der Waals surface area contributed by atoms with Gasteiger partial charge in [-0.15, -0.1) is 0 Å². The van der Waals surface area contributed by atoms with Crippen molar-refractivity contribution in [3.63, 3.8) is 0 Å². The molecule has 174 valence electrons. The summed E-state index contributed by atoms with van der Waals surface area (Å²) in [6.45, 7) is 3.46. The van der Waals surface area contributed by atoms with Crippen LogP contribution >= 0.6 is 11.8 Å². The highest BCUT2D eigenvalue weighted by Crippen LogP contribution is 2.33. The van der Waals surface area contributed by atoms with Gasteiger partial charge in [0.15, 0.2) is 0 Å². The third-order valence-electron chi connectivity index (χ3n) is 5.62. The Kier molecular flexibility index (Phi) is 6.61. The first kappa shape index (κ1) is 23.4. The first-order chi connectivity index (χ1) is 16.2. The third-order valence-corrected chi connectivity index (χ3v) is 6.53. The smallest absolute Gasteiger partial charge is 0.294 e. The van der Waals surface area contributed by atoms with Crippen LogP contribution in [0.2, 0.25) is 0 Å². The van der Waals surface area contributed by atoms with Crippen LogP contribution in [-0.2, 0) is 9.59 Å². The standard InChI is InChI=1S/C26H26N4O3S/c1-17-7-5-8-18(2)24(17)27-23(31)16-30-25(32)22(34-26(30)33)15-21-9-6-14-29(21)20-12-10-19(11-13-20)28(3)4/h5-15H,16H2,1-4H3,(H,27,31)/b22-15-. The Hall–Kier alpha value is -3.78. The minimum absolute atomic E-state index is 0.287. The predicted molar refractivity (Wildman–Crippen MR) is 137 cm³/mol. The molecule has 0 unspecified atom stereocenters. The lowest BCUT2D eigenvalue weighted by Gasteiger charge is -2.15. The number of carbonyl (C=O) groups is 3. The molecule has 4 rings (SSSR count). The Balaban J connectivity index is 1.51. The van der Waals surface area contributed by atoms with E-state index in [0.717, 1.165) is 44.9 Å². The Morgan fingerprint density at radius 3 is 2.32 bits per heavy atom. The molecule has 7 nitrogen and oxygen atoms in total. The molecule has 1 aliphatic heterocycles. The van der Waals surface area contributed by atoms with E-state index in [1.165, 1.54) is 0 Å². The van der Waals surface area contributed by atoms with Crippen LogP contribution in [0.25, 0.3) is 11.8 Å². The van der Waals surface area contributed by atoms with Crippen LogP contribution in [0.3, 0.4) is 0 Å². The number of anilines is 2. The van der Waals surface area contributed by atoms with Crippen molar-refractivity contribution in [2.24, 2.45) is 0 Å². The van der Waals surface area contributed by atoms with Gasteiger partial charge in [-0.1, -0.05) is 18.2 Å². The van der Waals surface area contributed by atoms with Crippen LogP contribution in [0, 0.1) is 13.8 Å². The Morgan fingerprint density at radius 2 is 1.68 bits per heavy atom. The van der Waals surface area contributed by atoms with Gasteiger partial charge in [0.1, 0.15) is 6.54 Å². The zero-order valence-corrected chi connectivity index (χ0v) is 20.3. The van der Waals surface area contributed by atoms with Gasteiger partial charge in [-0.25, -0.2) is 0 Å². The average Bonchev–Trinajstić information content (AvgIpc) is 3.36. The fraction of sp³-hybridized carbons (Fsp3) is 0.192. The largest absolute Gasteiger partial charge is 0.378 e. The van der Waals surface area contributed by atoms with Gasteiger partial charge in [0.2, 0.25) is 5.91 Å². The van der Waals surface area contributed by atoms with Crippen molar-refractivity contribution in [1.29, 1.82) is 0 Å². The van der Waals surface area contributed by atoms with Crippen molar-refractivity contribution < 1.29 is 14.4 Å². The minimum atomic E-state index is -0.470. The summed E-state index contributed by atoms with van der Waals surface area (Å²) >= 11 is 0.843. The number of aryl methyl sites for hydroxylation is 2. The van der Waals surface area contributed by atoms with E-state index in [-0.39, 0.29) is 11.4 Å². The number of imide groups is 1. The molecule has 0 atom stereocenters. The second-order valence-corrected chi connectivity index (χ2v) is 9.29. The Labute approximate surface area is 203 Å². The lowest BCUT2D eigenvalue weighted by atomic mass is 10.1. The molecule has 1 aliphatic rings. The summed E-state index contributed by atoms with van der Waals surface area (Å²) in [7, 11) is 3.96. The number of rotatable bonds is 6. The molecule has 1 saturated heterocycles. The normalized spacial score (nSPS) is 14.7. The van der Waals surface area contributed by atoms with Crippen LogP contribution in [-0.4, -0.2) is 47.2 Å². The van der Waals surface area contributed by atoms with Crippen LogP contribution in [0.15, 0.2) is 65.7 Å². The summed E-state index contributed by atoms with van der Waals surface area (Å²) in [4.78, 5) is 41.4. The number of hydrogen-bond donors (Lipinski definition) is 1. The number of aromatic nitrogens is 1. The second kappa shape index (κ2) is 9.61. The van der Waals surface area contributed by atoms with E-state index in [0.29, 0.717) is 5.69 Å². The van der Waals surface area contributed by atoms with E-state index in [2.05, 4.69) is 5.32 Å². The maximum absolute atomic E-state index is 13.0. The van der Waals surface area contributed by atoms with Gasteiger partial charge < -0.3 is 14.8 Å². The fourth-order valence-corrected chi connectivity index (χ4v) is 4.59. The number of hydrogen-bond acceptors (Lipinski definition) is 5. The number of benzene rings is 2. The predicted octanol–water partition coefficient (Wildman–Crippen LogP) is 4.84. The molecule has 3 amide bonds. The van der Waals surface area contributed by atoms with Gasteiger partial charge in [-0.2, -0.15) is 0 Å². The van der Waals surface area contributed by atoms with Gasteiger partial charge in [0.05, 0.1) is 4.91 Å². The van der Waals surface area contributed by atoms with Crippen LogP contribution in [0.4, 0.5) is 16.2 Å². The molecule has 1 aromatic heterocycles. The molecule has 0 aliphatic carbocycles. The molecule has 2 aromatic carbocycles. The molecular weight excluding hydrogens is 448 g/mol. The number of thioether (sulfide) groups is 1. The van der Waals surface area contributed by atoms with Crippen LogP contribution in [0.5, 0.6) is 0 Å². The molecule has 8 heteroatoms. The van der Waals surface area contributed by atoms with Crippen molar-refractivity contribution in [2.45, 2.75) is 13.8 Å². The zero-order valence-electron chi connectivity index (χ0n) is 19.5.